The molecule has 0 unspecified atom stereocenters. The fraction of sp³-hybridized carbons (Fsp3) is 0.550. The molecule has 7 heteroatoms. The van der Waals surface area contributed by atoms with Crippen molar-refractivity contribution in [3.05, 3.63) is 47.6 Å². The lowest BCUT2D eigenvalue weighted by Gasteiger charge is -2.36. The van der Waals surface area contributed by atoms with Crippen molar-refractivity contribution in [3.63, 3.8) is 0 Å². The molecule has 27 heavy (non-hydrogen) atoms. The third-order valence-electron chi connectivity index (χ3n) is 5.35. The second kappa shape index (κ2) is 8.19. The van der Waals surface area contributed by atoms with Crippen molar-refractivity contribution in [1.29, 1.82) is 0 Å². The van der Waals surface area contributed by atoms with Crippen molar-refractivity contribution >= 4 is 5.91 Å². The van der Waals surface area contributed by atoms with E-state index in [0.717, 1.165) is 32.7 Å². The van der Waals surface area contributed by atoms with E-state index in [1.165, 1.54) is 5.56 Å². The van der Waals surface area contributed by atoms with Gasteiger partial charge in [0, 0.05) is 39.0 Å². The van der Waals surface area contributed by atoms with Gasteiger partial charge in [0.05, 0.1) is 18.8 Å². The fourth-order valence-electron chi connectivity index (χ4n) is 3.97. The van der Waals surface area contributed by atoms with Gasteiger partial charge in [-0.05, 0) is 18.9 Å². The number of amides is 1. The van der Waals surface area contributed by atoms with Crippen LogP contribution >= 0.6 is 0 Å². The summed E-state index contributed by atoms with van der Waals surface area (Å²) in [4.78, 5) is 21.2. The van der Waals surface area contributed by atoms with E-state index in [1.54, 1.807) is 6.92 Å². The molecular weight excluding hydrogens is 344 g/mol. The lowest BCUT2D eigenvalue weighted by atomic mass is 10.1. The van der Waals surface area contributed by atoms with E-state index in [9.17, 15) is 4.79 Å². The Balaban J connectivity index is 1.30. The first kappa shape index (κ1) is 18.1. The minimum atomic E-state index is 0.116. The van der Waals surface area contributed by atoms with Crippen LogP contribution < -0.4 is 0 Å². The predicted octanol–water partition coefficient (Wildman–Crippen LogP) is 1.81. The smallest absolute Gasteiger partial charge is 0.226 e. The number of morpholine rings is 1. The van der Waals surface area contributed by atoms with Crippen LogP contribution in [-0.4, -0.2) is 64.2 Å². The molecule has 7 nitrogen and oxygen atoms in total. The number of fused-ring (bicyclic) bond motifs is 1. The monoisotopic (exact) mass is 370 g/mol. The maximum Gasteiger partial charge on any atom is 0.226 e. The number of ether oxygens (including phenoxy) is 1. The van der Waals surface area contributed by atoms with E-state index in [4.69, 9.17) is 9.26 Å². The molecule has 2 aliphatic rings. The average molecular weight is 370 g/mol. The summed E-state index contributed by atoms with van der Waals surface area (Å²) in [6.45, 7) is 5.78. The minimum absolute atomic E-state index is 0.116. The van der Waals surface area contributed by atoms with Crippen LogP contribution in [0.2, 0.25) is 0 Å². The molecule has 0 N–H and O–H groups in total. The number of aryl methyl sites for hydroxylation is 2. The summed E-state index contributed by atoms with van der Waals surface area (Å²) in [5, 5.41) is 3.78. The third-order valence-corrected chi connectivity index (χ3v) is 5.35. The first-order valence-corrected chi connectivity index (χ1v) is 9.65. The highest BCUT2D eigenvalue weighted by Gasteiger charge is 2.41. The maximum atomic E-state index is 12.6. The molecule has 0 saturated carbocycles. The summed E-state index contributed by atoms with van der Waals surface area (Å²) < 4.78 is 11.1. The minimum Gasteiger partial charge on any atom is -0.373 e. The van der Waals surface area contributed by atoms with Gasteiger partial charge in [0.2, 0.25) is 11.8 Å². The van der Waals surface area contributed by atoms with Crippen LogP contribution in [0.15, 0.2) is 34.9 Å². The van der Waals surface area contributed by atoms with Crippen LogP contribution in [0, 0.1) is 6.92 Å². The first-order chi connectivity index (χ1) is 13.2. The molecule has 2 aliphatic heterocycles. The van der Waals surface area contributed by atoms with Gasteiger partial charge < -0.3 is 14.2 Å². The highest BCUT2D eigenvalue weighted by atomic mass is 16.5. The van der Waals surface area contributed by atoms with E-state index in [2.05, 4.69) is 39.3 Å². The van der Waals surface area contributed by atoms with Gasteiger partial charge in [-0.15, -0.1) is 0 Å². The van der Waals surface area contributed by atoms with Crippen molar-refractivity contribution < 1.29 is 14.1 Å². The van der Waals surface area contributed by atoms with E-state index < -0.39 is 0 Å². The number of hydrogen-bond acceptors (Lipinski definition) is 6. The van der Waals surface area contributed by atoms with E-state index in [-0.39, 0.29) is 18.1 Å². The number of hydrogen-bond donors (Lipinski definition) is 0. The molecule has 1 aromatic carbocycles. The van der Waals surface area contributed by atoms with Gasteiger partial charge in [-0.2, -0.15) is 4.98 Å². The van der Waals surface area contributed by atoms with Gasteiger partial charge in [0.25, 0.3) is 0 Å². The van der Waals surface area contributed by atoms with E-state index in [1.807, 2.05) is 11.0 Å². The summed E-state index contributed by atoms with van der Waals surface area (Å²) in [5.41, 5.74) is 1.30. The Kier molecular flexibility index (Phi) is 5.50. The molecule has 1 amide bonds. The van der Waals surface area contributed by atoms with Crippen LogP contribution in [0.4, 0.5) is 0 Å². The number of benzene rings is 1. The standard InChI is InChI=1S/C20H26N4O3/c1-15-21-19(27-22-15)8-5-9-20(25)24-13-17-18(14-24)26-11-10-23(17)12-16-6-3-2-4-7-16/h2-4,6-7,17-18H,5,8-14H2,1H3/t17-,18-/m1/s1. The molecular formula is C20H26N4O3. The van der Waals surface area contributed by atoms with E-state index >= 15 is 0 Å². The fourth-order valence-corrected chi connectivity index (χ4v) is 3.97. The highest BCUT2D eigenvalue weighted by Crippen LogP contribution is 2.25. The third kappa shape index (κ3) is 4.36. The molecule has 0 spiro atoms. The van der Waals surface area contributed by atoms with Crippen molar-refractivity contribution in [2.75, 3.05) is 26.2 Å². The summed E-state index contributed by atoms with van der Waals surface area (Å²) >= 11 is 0. The second-order valence-electron chi connectivity index (χ2n) is 7.32. The van der Waals surface area contributed by atoms with E-state index in [0.29, 0.717) is 31.1 Å². The molecule has 2 atom stereocenters. The molecule has 4 rings (SSSR count). The van der Waals surface area contributed by atoms with Crippen LogP contribution in [0.1, 0.15) is 30.1 Å². The summed E-state index contributed by atoms with van der Waals surface area (Å²) in [6, 6.07) is 10.8. The van der Waals surface area contributed by atoms with Gasteiger partial charge in [0.15, 0.2) is 5.82 Å². The predicted molar refractivity (Wildman–Crippen MR) is 98.9 cm³/mol. The van der Waals surface area contributed by atoms with Crippen LogP contribution in [0.3, 0.4) is 0 Å². The van der Waals surface area contributed by atoms with Crippen molar-refractivity contribution in [1.82, 2.24) is 19.9 Å². The zero-order chi connectivity index (χ0) is 18.6. The zero-order valence-corrected chi connectivity index (χ0v) is 15.7. The normalized spacial score (nSPS) is 22.8. The van der Waals surface area contributed by atoms with Gasteiger partial charge in [-0.1, -0.05) is 35.5 Å². The Morgan fingerprint density at radius 1 is 1.26 bits per heavy atom. The van der Waals surface area contributed by atoms with Gasteiger partial charge in [0.1, 0.15) is 0 Å². The summed E-state index contributed by atoms with van der Waals surface area (Å²) in [7, 11) is 0. The van der Waals surface area contributed by atoms with Crippen molar-refractivity contribution in [3.8, 4) is 0 Å². The molecule has 1 aromatic heterocycles. The molecule has 0 radical (unpaired) electrons. The lowest BCUT2D eigenvalue weighted by Crippen LogP contribution is -2.50. The quantitative estimate of drug-likeness (QED) is 0.772. The van der Waals surface area contributed by atoms with Crippen LogP contribution in [0.25, 0.3) is 0 Å². The second-order valence-corrected chi connectivity index (χ2v) is 7.32. The molecule has 0 aliphatic carbocycles. The summed E-state index contributed by atoms with van der Waals surface area (Å²) in [5.74, 6) is 1.42. The number of nitrogens with zero attached hydrogens (tertiary/aromatic N) is 4. The summed E-state index contributed by atoms with van der Waals surface area (Å²) in [6.07, 6.45) is 1.98. The molecule has 2 saturated heterocycles. The largest absolute Gasteiger partial charge is 0.373 e. The Hall–Kier alpha value is -2.25. The number of rotatable bonds is 6. The first-order valence-electron chi connectivity index (χ1n) is 9.65. The van der Waals surface area contributed by atoms with Crippen molar-refractivity contribution in [2.45, 2.75) is 44.9 Å². The van der Waals surface area contributed by atoms with Gasteiger partial charge in [-0.3, -0.25) is 9.69 Å². The molecule has 3 heterocycles. The maximum absolute atomic E-state index is 12.6. The topological polar surface area (TPSA) is 71.7 Å². The highest BCUT2D eigenvalue weighted by molar-refractivity contribution is 5.76. The number of carbonyl (C=O) groups is 1. The van der Waals surface area contributed by atoms with Crippen LogP contribution in [-0.2, 0) is 22.5 Å². The Labute approximate surface area is 159 Å². The van der Waals surface area contributed by atoms with Crippen molar-refractivity contribution in [2.24, 2.45) is 0 Å². The van der Waals surface area contributed by atoms with Gasteiger partial charge in [-0.25, -0.2) is 0 Å². The Morgan fingerprint density at radius 3 is 2.89 bits per heavy atom. The molecule has 0 bridgehead atoms. The SMILES string of the molecule is Cc1noc(CCCC(=O)N2C[C@@H]3[C@@H](C2)OCCN3Cc2ccccc2)n1. The number of likely N-dealkylation sites (tertiary alicyclic amines) is 1. The molecule has 2 fully saturated rings. The molecule has 144 valence electrons. The van der Waals surface area contributed by atoms with Crippen LogP contribution in [0.5, 0.6) is 0 Å². The molecule has 2 aromatic rings. The lowest BCUT2D eigenvalue weighted by molar-refractivity contribution is -0.130. The Bertz CT molecular complexity index is 764. The average Bonchev–Trinajstić information content (AvgIpc) is 3.29. The Morgan fingerprint density at radius 2 is 2.11 bits per heavy atom. The number of aromatic nitrogens is 2. The number of carbonyl (C=O) groups excluding carboxylic acids is 1. The van der Waals surface area contributed by atoms with Gasteiger partial charge >= 0.3 is 0 Å². The zero-order valence-electron chi connectivity index (χ0n) is 15.7.